The lowest BCUT2D eigenvalue weighted by atomic mass is 9.70. The first-order chi connectivity index (χ1) is 29.3. The van der Waals surface area contributed by atoms with Crippen LogP contribution in [-0.2, 0) is 5.41 Å². The highest BCUT2D eigenvalue weighted by Crippen LogP contribution is 2.66. The van der Waals surface area contributed by atoms with Gasteiger partial charge in [-0.1, -0.05) is 139 Å². The van der Waals surface area contributed by atoms with Crippen molar-refractivity contribution in [2.24, 2.45) is 0 Å². The van der Waals surface area contributed by atoms with Gasteiger partial charge in [-0.15, -0.1) is 0 Å². The van der Waals surface area contributed by atoms with E-state index in [1.165, 1.54) is 71.4 Å². The predicted octanol–water partition coefficient (Wildman–Crippen LogP) is 14.5. The van der Waals surface area contributed by atoms with E-state index < -0.39 is 5.41 Å². The minimum atomic E-state index is -0.590. The maximum Gasteiger partial charge on any atom is 0.168 e. The van der Waals surface area contributed by atoms with Crippen molar-refractivity contribution in [2.45, 2.75) is 15.2 Å². The summed E-state index contributed by atoms with van der Waals surface area (Å²) in [5.41, 5.74) is 17.2. The first-order valence-corrected chi connectivity index (χ1v) is 20.7. The van der Waals surface area contributed by atoms with E-state index in [1.807, 2.05) is 48.2 Å². The Hall–Kier alpha value is -7.63. The van der Waals surface area contributed by atoms with Crippen LogP contribution in [0.4, 0.5) is 34.1 Å². The van der Waals surface area contributed by atoms with Crippen LogP contribution >= 0.6 is 11.8 Å². The number of furan rings is 1. The van der Waals surface area contributed by atoms with Gasteiger partial charge in [0.15, 0.2) is 5.58 Å². The number of hydrogen-bond donors (Lipinski definition) is 0. The minimum Gasteiger partial charge on any atom is -0.453 e. The Morgan fingerprint density at radius 1 is 0.525 bits per heavy atom. The number of nitrogens with zero attached hydrogens (tertiary/aromatic N) is 2. The van der Waals surface area contributed by atoms with Crippen LogP contribution in [0.1, 0.15) is 22.3 Å². The van der Waals surface area contributed by atoms with Crippen molar-refractivity contribution in [1.29, 1.82) is 0 Å². The van der Waals surface area contributed by atoms with E-state index in [1.54, 1.807) is 0 Å². The van der Waals surface area contributed by atoms with Crippen molar-refractivity contribution >= 4 is 67.8 Å². The van der Waals surface area contributed by atoms with Crippen LogP contribution < -0.4 is 9.80 Å². The molecule has 4 heteroatoms. The molecule has 10 aromatic rings. The van der Waals surface area contributed by atoms with Gasteiger partial charge in [0.25, 0.3) is 0 Å². The van der Waals surface area contributed by atoms with Gasteiger partial charge in [0.2, 0.25) is 0 Å². The van der Waals surface area contributed by atoms with Crippen LogP contribution in [0.25, 0.3) is 44.2 Å². The lowest BCUT2D eigenvalue weighted by Gasteiger charge is -2.35. The predicted molar refractivity (Wildman–Crippen MR) is 239 cm³/mol. The van der Waals surface area contributed by atoms with Gasteiger partial charge in [-0.3, -0.25) is 4.90 Å². The highest BCUT2D eigenvalue weighted by molar-refractivity contribution is 7.99. The molecule has 0 fully saturated rings. The van der Waals surface area contributed by atoms with E-state index >= 15 is 0 Å². The van der Waals surface area contributed by atoms with E-state index in [-0.39, 0.29) is 0 Å². The standard InChI is InChI=1S/C55H30N2OS/c1-2-16-35(17-3-1)56(49-28-14-21-40-39-19-6-11-29-50(39)58-54(40)49)36-32-33-38-37-18-4-7-22-42(37)55(45(38)34-36)43-23-8-5-20-41(43)53-44(55)24-15-27-48(53)57-46-25-9-12-30-51(46)59-52-31-13-10-26-47(52)57/h1-2,4-13,15-16,18-27,29-34H. The number of fused-ring (bicyclic) bond motifs is 15. The lowest BCUT2D eigenvalue weighted by molar-refractivity contribution is 0.669. The summed E-state index contributed by atoms with van der Waals surface area (Å²) in [6, 6.07) is 79.0. The van der Waals surface area contributed by atoms with E-state index in [0.717, 1.165) is 39.0 Å². The second-order valence-corrected chi connectivity index (χ2v) is 16.3. The van der Waals surface area contributed by atoms with Crippen LogP contribution in [0, 0.1) is 24.3 Å². The van der Waals surface area contributed by atoms with Crippen molar-refractivity contribution < 1.29 is 4.42 Å². The Morgan fingerprint density at radius 3 is 2.02 bits per heavy atom. The molecule has 1 aliphatic heterocycles. The van der Waals surface area contributed by atoms with Crippen molar-refractivity contribution in [3.05, 3.63) is 229 Å². The van der Waals surface area contributed by atoms with Crippen molar-refractivity contribution in [3.63, 3.8) is 0 Å². The number of hydrogen-bond acceptors (Lipinski definition) is 4. The van der Waals surface area contributed by atoms with Gasteiger partial charge in [-0.05, 0) is 112 Å². The second kappa shape index (κ2) is 12.2. The van der Waals surface area contributed by atoms with Crippen LogP contribution in [0.5, 0.6) is 0 Å². The molecule has 0 saturated carbocycles. The molecular formula is C55H30N2OS. The van der Waals surface area contributed by atoms with E-state index in [9.17, 15) is 0 Å². The Balaban J connectivity index is 1.10. The van der Waals surface area contributed by atoms with Gasteiger partial charge in [0, 0.05) is 37.9 Å². The topological polar surface area (TPSA) is 19.6 Å². The zero-order valence-corrected chi connectivity index (χ0v) is 32.3. The summed E-state index contributed by atoms with van der Waals surface area (Å²) in [4.78, 5) is 7.17. The summed E-state index contributed by atoms with van der Waals surface area (Å²) in [6.45, 7) is 0. The van der Waals surface area contributed by atoms with Gasteiger partial charge < -0.3 is 9.32 Å². The monoisotopic (exact) mass is 766 g/mol. The summed E-state index contributed by atoms with van der Waals surface area (Å²) in [6.07, 6.45) is 0. The van der Waals surface area contributed by atoms with Gasteiger partial charge in [0.05, 0.1) is 28.2 Å². The zero-order valence-electron chi connectivity index (χ0n) is 31.5. The van der Waals surface area contributed by atoms with Crippen molar-refractivity contribution in [2.75, 3.05) is 9.80 Å². The Morgan fingerprint density at radius 2 is 1.20 bits per heavy atom. The first-order valence-electron chi connectivity index (χ1n) is 19.8. The molecule has 2 aliphatic carbocycles. The Bertz CT molecular complexity index is 3300. The van der Waals surface area contributed by atoms with Crippen LogP contribution in [0.15, 0.2) is 196 Å². The molecule has 1 atom stereocenters. The van der Waals surface area contributed by atoms with E-state index in [0.29, 0.717) is 0 Å². The largest absolute Gasteiger partial charge is 0.453 e. The molecular weight excluding hydrogens is 737 g/mol. The van der Waals surface area contributed by atoms with Crippen molar-refractivity contribution in [3.8, 4) is 22.3 Å². The zero-order chi connectivity index (χ0) is 38.7. The smallest absolute Gasteiger partial charge is 0.168 e. The summed E-state index contributed by atoms with van der Waals surface area (Å²) in [5, 5.41) is 2.04. The molecule has 2 heterocycles. The molecule has 1 spiro atoms. The molecule has 0 bridgehead atoms. The molecule has 1 unspecified atom stereocenters. The fourth-order valence-corrected chi connectivity index (χ4v) is 11.1. The van der Waals surface area contributed by atoms with Gasteiger partial charge in [-0.25, -0.2) is 0 Å². The molecule has 0 radical (unpaired) electrons. The third-order valence-corrected chi connectivity index (χ3v) is 13.5. The molecule has 0 N–H and O–H groups in total. The van der Waals surface area contributed by atoms with E-state index in [2.05, 4.69) is 180 Å². The average Bonchev–Trinajstić information content (AvgIpc) is 3.93. The molecule has 0 amide bonds. The minimum absolute atomic E-state index is 0.590. The van der Waals surface area contributed by atoms with Crippen molar-refractivity contribution in [1.82, 2.24) is 0 Å². The second-order valence-electron chi connectivity index (χ2n) is 15.3. The highest BCUT2D eigenvalue weighted by Gasteiger charge is 2.53. The Labute approximate surface area is 346 Å². The molecule has 3 nitrogen and oxygen atoms in total. The fraction of sp³-hybridized carbons (Fsp3) is 0.0182. The van der Waals surface area contributed by atoms with Gasteiger partial charge in [-0.2, -0.15) is 0 Å². The molecule has 1 aromatic heterocycles. The molecule has 13 rings (SSSR count). The summed E-state index contributed by atoms with van der Waals surface area (Å²) in [7, 11) is 0. The van der Waals surface area contributed by atoms with Crippen LogP contribution in [-0.4, -0.2) is 0 Å². The maximum atomic E-state index is 6.63. The third kappa shape index (κ3) is 4.36. The maximum absolute atomic E-state index is 6.63. The van der Waals surface area contributed by atoms with Gasteiger partial charge in [0.1, 0.15) is 11.3 Å². The average molecular weight is 767 g/mol. The van der Waals surface area contributed by atoms with Crippen LogP contribution in [0.2, 0.25) is 0 Å². The summed E-state index contributed by atoms with van der Waals surface area (Å²) in [5.74, 6) is 0. The fourth-order valence-electron chi connectivity index (χ4n) is 10.1. The molecule has 0 saturated heterocycles. The van der Waals surface area contributed by atoms with E-state index in [4.69, 9.17) is 4.42 Å². The van der Waals surface area contributed by atoms with Crippen LogP contribution in [0.3, 0.4) is 0 Å². The number of anilines is 6. The number of para-hydroxylation sites is 3. The Kier molecular flexibility index (Phi) is 6.70. The highest BCUT2D eigenvalue weighted by atomic mass is 32.2. The normalized spacial score (nSPS) is 15.2. The number of benzene rings is 7. The first kappa shape index (κ1) is 32.5. The summed E-state index contributed by atoms with van der Waals surface area (Å²) < 4.78 is 6.63. The SMILES string of the molecule is c1cccc(N(c2ccc3c(c2)C2(c4ccccc4-3)c3ccccc3-c3c(N4c5ccccc5Sc5ccccc54)cccc32)c2c#ccc3c2oc2ccccc23)c#1. The number of rotatable bonds is 4. The lowest BCUT2D eigenvalue weighted by Crippen LogP contribution is -2.26. The molecule has 3 aliphatic rings. The summed E-state index contributed by atoms with van der Waals surface area (Å²) >= 11 is 1.84. The molecule has 272 valence electrons. The molecule has 9 aromatic carbocycles. The third-order valence-electron chi connectivity index (χ3n) is 12.4. The van der Waals surface area contributed by atoms with Gasteiger partial charge >= 0.3 is 0 Å². The molecule has 59 heavy (non-hydrogen) atoms. The quantitative estimate of drug-likeness (QED) is 0.178.